The average molecular weight is 485 g/mol. The monoisotopic (exact) mass is 484 g/mol. The summed E-state index contributed by atoms with van der Waals surface area (Å²) in [6, 6.07) is 24.0. The van der Waals surface area contributed by atoms with Crippen LogP contribution in [-0.4, -0.2) is 33.6 Å². The fourth-order valence-corrected chi connectivity index (χ4v) is 4.75. The first-order chi connectivity index (χ1) is 17.1. The van der Waals surface area contributed by atoms with E-state index in [2.05, 4.69) is 51.5 Å². The second-order valence-corrected chi connectivity index (χ2v) is 9.60. The molecule has 3 aromatic carbocycles. The molecule has 35 heavy (non-hydrogen) atoms. The number of carbonyl (C=O) groups excluding carboxylic acids is 1. The van der Waals surface area contributed by atoms with Gasteiger partial charge in [-0.15, -0.1) is 10.2 Å². The van der Waals surface area contributed by atoms with Gasteiger partial charge in [-0.25, -0.2) is 0 Å². The summed E-state index contributed by atoms with van der Waals surface area (Å²) in [5.41, 5.74) is 5.41. The van der Waals surface area contributed by atoms with Crippen molar-refractivity contribution < 1.29 is 9.21 Å². The molecule has 1 saturated carbocycles. The molecule has 1 fully saturated rings. The molecule has 1 amide bonds. The van der Waals surface area contributed by atoms with Gasteiger partial charge >= 0.3 is 0 Å². The number of amides is 1. The van der Waals surface area contributed by atoms with Crippen LogP contribution in [0.2, 0.25) is 5.02 Å². The number of anilines is 1. The van der Waals surface area contributed by atoms with Gasteiger partial charge in [0.15, 0.2) is 0 Å². The van der Waals surface area contributed by atoms with Crippen LogP contribution in [0.1, 0.15) is 40.2 Å². The SMILES string of the molecule is O=C(c1ccc(N2CCc3ccccc3C2)cc1)N(Cc1nnc(-c2ccc(Cl)cc2)o1)C1CC1. The van der Waals surface area contributed by atoms with Crippen molar-refractivity contribution in [1.29, 1.82) is 0 Å². The van der Waals surface area contributed by atoms with E-state index in [0.717, 1.165) is 43.6 Å². The van der Waals surface area contributed by atoms with Crippen LogP contribution in [-0.2, 0) is 19.5 Å². The molecule has 6 rings (SSSR count). The Kier molecular flexibility index (Phi) is 5.74. The highest BCUT2D eigenvalue weighted by atomic mass is 35.5. The van der Waals surface area contributed by atoms with Crippen molar-refractivity contribution in [3.05, 3.63) is 100 Å². The van der Waals surface area contributed by atoms with E-state index >= 15 is 0 Å². The van der Waals surface area contributed by atoms with Gasteiger partial charge in [0.1, 0.15) is 0 Å². The molecule has 176 valence electrons. The van der Waals surface area contributed by atoms with Crippen molar-refractivity contribution in [2.45, 2.75) is 38.4 Å². The molecular weight excluding hydrogens is 460 g/mol. The molecule has 4 aromatic rings. The second-order valence-electron chi connectivity index (χ2n) is 9.16. The maximum absolute atomic E-state index is 13.4. The highest BCUT2D eigenvalue weighted by Gasteiger charge is 2.34. The lowest BCUT2D eigenvalue weighted by molar-refractivity contribution is 0.0714. The largest absolute Gasteiger partial charge is 0.419 e. The fraction of sp³-hybridized carbons (Fsp3) is 0.250. The normalized spacial score (nSPS) is 15.1. The first-order valence-corrected chi connectivity index (χ1v) is 12.3. The molecule has 7 heteroatoms. The highest BCUT2D eigenvalue weighted by molar-refractivity contribution is 6.30. The van der Waals surface area contributed by atoms with E-state index in [0.29, 0.717) is 28.9 Å². The quantitative estimate of drug-likeness (QED) is 0.348. The maximum atomic E-state index is 13.4. The van der Waals surface area contributed by atoms with E-state index in [1.807, 2.05) is 29.2 Å². The lowest BCUT2D eigenvalue weighted by Crippen LogP contribution is -2.33. The molecule has 6 nitrogen and oxygen atoms in total. The Hall–Kier alpha value is -3.64. The Labute approximate surface area is 209 Å². The Morgan fingerprint density at radius 3 is 2.46 bits per heavy atom. The fourth-order valence-electron chi connectivity index (χ4n) is 4.62. The van der Waals surface area contributed by atoms with E-state index in [1.165, 1.54) is 11.1 Å². The number of carbonyl (C=O) groups is 1. The van der Waals surface area contributed by atoms with Crippen LogP contribution < -0.4 is 4.90 Å². The minimum absolute atomic E-state index is 0.00529. The third-order valence-corrected chi connectivity index (χ3v) is 6.97. The molecule has 2 aliphatic rings. The molecule has 0 bridgehead atoms. The summed E-state index contributed by atoms with van der Waals surface area (Å²) in [5, 5.41) is 8.99. The molecule has 0 atom stereocenters. The van der Waals surface area contributed by atoms with Crippen molar-refractivity contribution in [3.63, 3.8) is 0 Å². The van der Waals surface area contributed by atoms with Crippen LogP contribution in [0.5, 0.6) is 0 Å². The molecule has 1 aromatic heterocycles. The van der Waals surface area contributed by atoms with Crippen LogP contribution >= 0.6 is 11.6 Å². The Bertz CT molecular complexity index is 1350. The number of benzene rings is 3. The van der Waals surface area contributed by atoms with Crippen LogP contribution in [0.15, 0.2) is 77.2 Å². The molecule has 0 spiro atoms. The predicted molar refractivity (Wildman–Crippen MR) is 135 cm³/mol. The van der Waals surface area contributed by atoms with E-state index in [-0.39, 0.29) is 11.9 Å². The molecule has 0 unspecified atom stereocenters. The lowest BCUT2D eigenvalue weighted by atomic mass is 9.99. The third-order valence-electron chi connectivity index (χ3n) is 6.72. The Morgan fingerprint density at radius 1 is 0.971 bits per heavy atom. The first kappa shape index (κ1) is 21.9. The van der Waals surface area contributed by atoms with Gasteiger partial charge < -0.3 is 14.2 Å². The summed E-state index contributed by atoms with van der Waals surface area (Å²) in [6.07, 6.45) is 3.03. The first-order valence-electron chi connectivity index (χ1n) is 11.9. The summed E-state index contributed by atoms with van der Waals surface area (Å²) < 4.78 is 5.87. The number of aromatic nitrogens is 2. The van der Waals surface area contributed by atoms with Crippen molar-refractivity contribution in [1.82, 2.24) is 15.1 Å². The Balaban J connectivity index is 1.16. The van der Waals surface area contributed by atoms with Gasteiger partial charge in [-0.2, -0.15) is 0 Å². The number of halogens is 1. The van der Waals surface area contributed by atoms with Gasteiger partial charge in [-0.3, -0.25) is 4.79 Å². The van der Waals surface area contributed by atoms with E-state index < -0.39 is 0 Å². The zero-order valence-corrected chi connectivity index (χ0v) is 20.0. The zero-order valence-electron chi connectivity index (χ0n) is 19.2. The van der Waals surface area contributed by atoms with Gasteiger partial charge in [-0.1, -0.05) is 35.9 Å². The summed E-state index contributed by atoms with van der Waals surface area (Å²) >= 11 is 5.97. The van der Waals surface area contributed by atoms with Crippen LogP contribution in [0, 0.1) is 0 Å². The minimum atomic E-state index is -0.00529. The highest BCUT2D eigenvalue weighted by Crippen LogP contribution is 2.31. The minimum Gasteiger partial charge on any atom is -0.419 e. The van der Waals surface area contributed by atoms with E-state index in [1.54, 1.807) is 12.1 Å². The van der Waals surface area contributed by atoms with Gasteiger partial charge in [0, 0.05) is 41.0 Å². The number of fused-ring (bicyclic) bond motifs is 1. The van der Waals surface area contributed by atoms with E-state index in [9.17, 15) is 4.79 Å². The lowest BCUT2D eigenvalue weighted by Gasteiger charge is -2.31. The molecule has 1 aliphatic carbocycles. The number of rotatable bonds is 6. The van der Waals surface area contributed by atoms with Crippen LogP contribution in [0.25, 0.3) is 11.5 Å². The van der Waals surface area contributed by atoms with Crippen molar-refractivity contribution in [2.75, 3.05) is 11.4 Å². The summed E-state index contributed by atoms with van der Waals surface area (Å²) in [5.74, 6) is 0.848. The van der Waals surface area contributed by atoms with Crippen LogP contribution in [0.4, 0.5) is 5.69 Å². The predicted octanol–water partition coefficient (Wildman–Crippen LogP) is 5.76. The number of hydrogen-bond acceptors (Lipinski definition) is 5. The van der Waals surface area contributed by atoms with Gasteiger partial charge in [0.2, 0.25) is 11.8 Å². The van der Waals surface area contributed by atoms with Crippen LogP contribution in [0.3, 0.4) is 0 Å². The van der Waals surface area contributed by atoms with Gasteiger partial charge in [0.25, 0.3) is 5.91 Å². The smallest absolute Gasteiger partial charge is 0.254 e. The number of hydrogen-bond donors (Lipinski definition) is 0. The molecule has 0 N–H and O–H groups in total. The Morgan fingerprint density at radius 2 is 1.71 bits per heavy atom. The zero-order chi connectivity index (χ0) is 23.8. The molecular formula is C28H25ClN4O2. The van der Waals surface area contributed by atoms with Crippen molar-refractivity contribution in [2.24, 2.45) is 0 Å². The summed E-state index contributed by atoms with van der Waals surface area (Å²) in [7, 11) is 0. The van der Waals surface area contributed by atoms with Crippen molar-refractivity contribution >= 4 is 23.2 Å². The average Bonchev–Trinajstić information content (AvgIpc) is 3.64. The molecule has 1 aliphatic heterocycles. The molecule has 0 radical (unpaired) electrons. The summed E-state index contributed by atoms with van der Waals surface area (Å²) in [6.45, 7) is 2.17. The number of nitrogens with zero attached hydrogens (tertiary/aromatic N) is 4. The van der Waals surface area contributed by atoms with E-state index in [4.69, 9.17) is 16.0 Å². The maximum Gasteiger partial charge on any atom is 0.254 e. The van der Waals surface area contributed by atoms with Gasteiger partial charge in [0.05, 0.1) is 6.54 Å². The molecule has 0 saturated heterocycles. The van der Waals surface area contributed by atoms with Gasteiger partial charge in [-0.05, 0) is 78.9 Å². The van der Waals surface area contributed by atoms with Crippen molar-refractivity contribution in [3.8, 4) is 11.5 Å². The summed E-state index contributed by atoms with van der Waals surface area (Å²) in [4.78, 5) is 17.6. The standard InChI is InChI=1S/C28H25ClN4O2/c29-23-9-5-20(6-10-23)27-31-30-26(35-27)18-33(25-13-14-25)28(34)21-7-11-24(12-8-21)32-16-15-19-3-1-2-4-22(19)17-32/h1-12,25H,13-18H2. The third kappa shape index (κ3) is 4.66. The topological polar surface area (TPSA) is 62.5 Å². The second kappa shape index (κ2) is 9.19. The molecule has 2 heterocycles.